The van der Waals surface area contributed by atoms with Gasteiger partial charge in [-0.15, -0.1) is 0 Å². The van der Waals surface area contributed by atoms with Crippen molar-refractivity contribution in [1.29, 1.82) is 0 Å². The zero-order valence-corrected chi connectivity index (χ0v) is 11.6. The van der Waals surface area contributed by atoms with Gasteiger partial charge >= 0.3 is 6.18 Å². The number of imide groups is 1. The third-order valence-electron chi connectivity index (χ3n) is 4.19. The Morgan fingerprint density at radius 1 is 1.05 bits per heavy atom. The predicted octanol–water partition coefficient (Wildman–Crippen LogP) is 3.16. The Kier molecular flexibility index (Phi) is 3.54. The third-order valence-corrected chi connectivity index (χ3v) is 4.19. The molecule has 2 atom stereocenters. The van der Waals surface area contributed by atoms with Crippen LogP contribution in [0.15, 0.2) is 36.4 Å². The van der Waals surface area contributed by atoms with Crippen molar-refractivity contribution < 1.29 is 22.8 Å². The van der Waals surface area contributed by atoms with E-state index < -0.39 is 11.7 Å². The van der Waals surface area contributed by atoms with Crippen LogP contribution in [0.2, 0.25) is 0 Å². The summed E-state index contributed by atoms with van der Waals surface area (Å²) in [5, 5.41) is 0. The molecule has 3 nitrogen and oxygen atoms in total. The van der Waals surface area contributed by atoms with Crippen LogP contribution in [0, 0.1) is 11.8 Å². The molecule has 0 saturated carbocycles. The molecule has 0 aromatic heterocycles. The smallest absolute Gasteiger partial charge is 0.278 e. The minimum atomic E-state index is -4.44. The Bertz CT molecular complexity index is 625. The maximum atomic E-state index is 12.7. The first-order chi connectivity index (χ1) is 10.4. The molecule has 116 valence electrons. The summed E-state index contributed by atoms with van der Waals surface area (Å²) in [5.74, 6) is -1.28. The van der Waals surface area contributed by atoms with E-state index >= 15 is 0 Å². The van der Waals surface area contributed by atoms with Crippen LogP contribution >= 0.6 is 0 Å². The number of alkyl halides is 3. The fourth-order valence-electron chi connectivity index (χ4n) is 3.05. The number of amides is 2. The van der Waals surface area contributed by atoms with E-state index in [1.54, 1.807) is 0 Å². The summed E-state index contributed by atoms with van der Waals surface area (Å²) >= 11 is 0. The van der Waals surface area contributed by atoms with Crippen LogP contribution in [0.1, 0.15) is 24.0 Å². The zero-order valence-electron chi connectivity index (χ0n) is 11.6. The molecule has 0 bridgehead atoms. The molecule has 2 amide bonds. The highest BCUT2D eigenvalue weighted by atomic mass is 19.4. The molecule has 1 aromatic carbocycles. The number of fused-ring (bicyclic) bond motifs is 1. The summed E-state index contributed by atoms with van der Waals surface area (Å²) in [7, 11) is 0. The Hall–Kier alpha value is -2.11. The number of allylic oxidation sites excluding steroid dienone is 2. The number of benzene rings is 1. The molecule has 0 unspecified atom stereocenters. The highest BCUT2D eigenvalue weighted by molar-refractivity contribution is 6.05. The topological polar surface area (TPSA) is 37.4 Å². The molecule has 1 aromatic rings. The van der Waals surface area contributed by atoms with E-state index in [0.29, 0.717) is 18.4 Å². The van der Waals surface area contributed by atoms with Crippen LogP contribution in [-0.4, -0.2) is 16.7 Å². The highest BCUT2D eigenvalue weighted by Gasteiger charge is 2.47. The second-order valence-electron chi connectivity index (χ2n) is 5.62. The maximum absolute atomic E-state index is 12.7. The number of hydrogen-bond donors (Lipinski definition) is 0. The highest BCUT2D eigenvalue weighted by Crippen LogP contribution is 2.36. The normalized spacial score (nSPS) is 24.8. The minimum Gasteiger partial charge on any atom is -0.278 e. The van der Waals surface area contributed by atoms with Gasteiger partial charge in [-0.1, -0.05) is 24.3 Å². The standard InChI is InChI=1S/C16H14F3NO2/c17-16(18,19)11-5-3-4-10(8-11)9-20-14(21)12-6-1-2-7-13(12)15(20)22/h1-5,8,12-13H,6-7,9H2/t12-,13+. The van der Waals surface area contributed by atoms with Crippen LogP contribution in [0.25, 0.3) is 0 Å². The van der Waals surface area contributed by atoms with E-state index in [-0.39, 0.29) is 30.2 Å². The van der Waals surface area contributed by atoms with E-state index in [1.807, 2.05) is 12.2 Å². The SMILES string of the molecule is O=C1[C@H]2CC=CC[C@H]2C(=O)N1Cc1cccc(C(F)(F)F)c1. The molecule has 0 radical (unpaired) electrons. The Morgan fingerprint density at radius 3 is 2.18 bits per heavy atom. The number of hydrogen-bond acceptors (Lipinski definition) is 2. The van der Waals surface area contributed by atoms with E-state index in [0.717, 1.165) is 17.0 Å². The van der Waals surface area contributed by atoms with Crippen molar-refractivity contribution in [3.05, 3.63) is 47.5 Å². The van der Waals surface area contributed by atoms with Crippen molar-refractivity contribution in [3.8, 4) is 0 Å². The summed E-state index contributed by atoms with van der Waals surface area (Å²) in [6.45, 7) is -0.103. The van der Waals surface area contributed by atoms with Crippen molar-refractivity contribution in [2.75, 3.05) is 0 Å². The van der Waals surface area contributed by atoms with Crippen LogP contribution in [0.5, 0.6) is 0 Å². The van der Waals surface area contributed by atoms with Gasteiger partial charge in [0, 0.05) is 0 Å². The van der Waals surface area contributed by atoms with Gasteiger partial charge in [-0.2, -0.15) is 13.2 Å². The largest absolute Gasteiger partial charge is 0.416 e. The molecule has 1 aliphatic carbocycles. The van der Waals surface area contributed by atoms with E-state index in [2.05, 4.69) is 0 Å². The fourth-order valence-corrected chi connectivity index (χ4v) is 3.05. The van der Waals surface area contributed by atoms with Crippen molar-refractivity contribution in [2.24, 2.45) is 11.8 Å². The molecular formula is C16H14F3NO2. The minimum absolute atomic E-state index is 0.103. The lowest BCUT2D eigenvalue weighted by Gasteiger charge is -2.16. The lowest BCUT2D eigenvalue weighted by molar-refractivity contribution is -0.140. The predicted molar refractivity (Wildman–Crippen MR) is 72.4 cm³/mol. The van der Waals surface area contributed by atoms with Crippen molar-refractivity contribution in [3.63, 3.8) is 0 Å². The maximum Gasteiger partial charge on any atom is 0.416 e. The van der Waals surface area contributed by atoms with Crippen LogP contribution in [0.3, 0.4) is 0 Å². The molecular weight excluding hydrogens is 295 g/mol. The second-order valence-corrected chi connectivity index (χ2v) is 5.62. The number of likely N-dealkylation sites (tertiary alicyclic amines) is 1. The quantitative estimate of drug-likeness (QED) is 0.621. The van der Waals surface area contributed by atoms with Gasteiger partial charge in [-0.05, 0) is 30.5 Å². The average Bonchev–Trinajstić information content (AvgIpc) is 2.72. The number of carbonyl (C=O) groups is 2. The van der Waals surface area contributed by atoms with E-state index in [4.69, 9.17) is 0 Å². The molecule has 3 rings (SSSR count). The molecule has 22 heavy (non-hydrogen) atoms. The van der Waals surface area contributed by atoms with E-state index in [1.165, 1.54) is 12.1 Å². The summed E-state index contributed by atoms with van der Waals surface area (Å²) in [6.07, 6.45) is 0.357. The van der Waals surface area contributed by atoms with Crippen molar-refractivity contribution >= 4 is 11.8 Å². The zero-order chi connectivity index (χ0) is 15.9. The molecule has 2 aliphatic rings. The average molecular weight is 309 g/mol. The van der Waals surface area contributed by atoms with Crippen LogP contribution < -0.4 is 0 Å². The number of carbonyl (C=O) groups excluding carboxylic acids is 2. The Labute approximate surface area is 125 Å². The first-order valence-electron chi connectivity index (χ1n) is 7.04. The Balaban J connectivity index is 1.82. The summed E-state index contributed by atoms with van der Waals surface area (Å²) in [6, 6.07) is 4.75. The molecule has 1 aliphatic heterocycles. The van der Waals surface area contributed by atoms with Crippen molar-refractivity contribution in [2.45, 2.75) is 25.6 Å². The molecule has 1 saturated heterocycles. The van der Waals surface area contributed by atoms with Gasteiger partial charge in [0.05, 0.1) is 23.9 Å². The van der Waals surface area contributed by atoms with Gasteiger partial charge in [0.1, 0.15) is 0 Å². The van der Waals surface area contributed by atoms with Crippen LogP contribution in [-0.2, 0) is 22.3 Å². The molecule has 1 heterocycles. The summed E-state index contributed by atoms with van der Waals surface area (Å²) < 4.78 is 38.2. The number of halogens is 3. The molecule has 1 fully saturated rings. The first kappa shape index (κ1) is 14.8. The molecule has 6 heteroatoms. The summed E-state index contributed by atoms with van der Waals surface area (Å²) in [5.41, 5.74) is -0.466. The van der Waals surface area contributed by atoms with Crippen LogP contribution in [0.4, 0.5) is 13.2 Å². The fraction of sp³-hybridized carbons (Fsp3) is 0.375. The van der Waals surface area contributed by atoms with Crippen molar-refractivity contribution in [1.82, 2.24) is 4.90 Å². The third kappa shape index (κ3) is 2.53. The van der Waals surface area contributed by atoms with Gasteiger partial charge in [0.2, 0.25) is 11.8 Å². The lowest BCUT2D eigenvalue weighted by atomic mass is 9.85. The summed E-state index contributed by atoms with van der Waals surface area (Å²) in [4.78, 5) is 25.7. The first-order valence-corrected chi connectivity index (χ1v) is 7.04. The second kappa shape index (κ2) is 5.26. The van der Waals surface area contributed by atoms with Gasteiger partial charge in [0.15, 0.2) is 0 Å². The van der Waals surface area contributed by atoms with E-state index in [9.17, 15) is 22.8 Å². The monoisotopic (exact) mass is 309 g/mol. The number of nitrogens with zero attached hydrogens (tertiary/aromatic N) is 1. The van der Waals surface area contributed by atoms with Gasteiger partial charge in [-0.3, -0.25) is 14.5 Å². The van der Waals surface area contributed by atoms with Gasteiger partial charge in [-0.25, -0.2) is 0 Å². The molecule has 0 spiro atoms. The van der Waals surface area contributed by atoms with Gasteiger partial charge in [0.25, 0.3) is 0 Å². The lowest BCUT2D eigenvalue weighted by Crippen LogP contribution is -2.30. The van der Waals surface area contributed by atoms with Gasteiger partial charge < -0.3 is 0 Å². The Morgan fingerprint density at radius 2 is 1.64 bits per heavy atom. The molecule has 0 N–H and O–H groups in total. The number of rotatable bonds is 2.